The summed E-state index contributed by atoms with van der Waals surface area (Å²) in [5.41, 5.74) is -0.788. The van der Waals surface area contributed by atoms with Crippen molar-refractivity contribution in [3.8, 4) is 6.07 Å². The molecule has 1 aromatic rings. The first-order chi connectivity index (χ1) is 9.93. The molecule has 1 fully saturated rings. The van der Waals surface area contributed by atoms with Crippen LogP contribution in [0.2, 0.25) is 0 Å². The summed E-state index contributed by atoms with van der Waals surface area (Å²) in [5, 5.41) is 19.4. The van der Waals surface area contributed by atoms with Gasteiger partial charge in [0.15, 0.2) is 5.69 Å². The van der Waals surface area contributed by atoms with Crippen LogP contribution in [0.4, 0.5) is 5.82 Å². The van der Waals surface area contributed by atoms with Gasteiger partial charge in [-0.15, -0.1) is 0 Å². The van der Waals surface area contributed by atoms with E-state index in [0.29, 0.717) is 18.8 Å². The Labute approximate surface area is 123 Å². The molecule has 7 nitrogen and oxygen atoms in total. The normalized spacial score (nSPS) is 21.7. The van der Waals surface area contributed by atoms with Crippen LogP contribution in [0.5, 0.6) is 0 Å². The molecule has 0 bridgehead atoms. The third-order valence-electron chi connectivity index (χ3n) is 3.61. The lowest BCUT2D eigenvalue weighted by atomic mass is 9.89. The maximum atomic E-state index is 11.8. The summed E-state index contributed by atoms with van der Waals surface area (Å²) < 4.78 is 0. The Morgan fingerprint density at radius 1 is 1.52 bits per heavy atom. The third kappa shape index (κ3) is 3.67. The third-order valence-corrected chi connectivity index (χ3v) is 3.61. The molecule has 1 N–H and O–H groups in total. The van der Waals surface area contributed by atoms with Gasteiger partial charge in [0.05, 0.1) is 24.4 Å². The van der Waals surface area contributed by atoms with E-state index in [1.807, 2.05) is 11.0 Å². The molecule has 1 saturated heterocycles. The smallest absolute Gasteiger partial charge is 0.225 e. The molecule has 2 rings (SSSR count). The molecule has 0 saturated carbocycles. The summed E-state index contributed by atoms with van der Waals surface area (Å²) in [7, 11) is 3.36. The van der Waals surface area contributed by atoms with E-state index in [4.69, 9.17) is 5.26 Å². The molecule has 1 aliphatic heterocycles. The molecule has 1 atom stereocenters. The second-order valence-corrected chi connectivity index (χ2v) is 5.59. The lowest BCUT2D eigenvalue weighted by molar-refractivity contribution is -0.134. The molecule has 21 heavy (non-hydrogen) atoms. The highest BCUT2D eigenvalue weighted by Gasteiger charge is 2.36. The van der Waals surface area contributed by atoms with Crippen LogP contribution >= 0.6 is 0 Å². The Bertz CT molecular complexity index is 551. The second kappa shape index (κ2) is 6.06. The number of carbonyl (C=O) groups excluding carboxylic acids is 1. The van der Waals surface area contributed by atoms with E-state index in [9.17, 15) is 9.90 Å². The number of aliphatic hydroxyl groups is 1. The van der Waals surface area contributed by atoms with E-state index in [2.05, 4.69) is 9.97 Å². The molecule has 2 heterocycles. The predicted molar refractivity (Wildman–Crippen MR) is 76.5 cm³/mol. The summed E-state index contributed by atoms with van der Waals surface area (Å²) in [6.45, 7) is 1.09. The van der Waals surface area contributed by atoms with Crippen LogP contribution < -0.4 is 4.90 Å². The lowest BCUT2D eigenvalue weighted by Gasteiger charge is -2.39. The van der Waals surface area contributed by atoms with Crippen LogP contribution in [0.1, 0.15) is 25.0 Å². The largest absolute Gasteiger partial charge is 0.388 e. The average Bonchev–Trinajstić information content (AvgIpc) is 2.47. The minimum absolute atomic E-state index is 0.0923. The van der Waals surface area contributed by atoms with Crippen LogP contribution in [0, 0.1) is 11.3 Å². The molecule has 0 spiro atoms. The van der Waals surface area contributed by atoms with Gasteiger partial charge in [0.25, 0.3) is 0 Å². The summed E-state index contributed by atoms with van der Waals surface area (Å²) >= 11 is 0. The van der Waals surface area contributed by atoms with Gasteiger partial charge in [0.1, 0.15) is 11.9 Å². The number of rotatable bonds is 3. The highest BCUT2D eigenvalue weighted by molar-refractivity contribution is 5.76. The highest BCUT2D eigenvalue weighted by Crippen LogP contribution is 2.27. The molecule has 0 aromatic carbocycles. The average molecular weight is 289 g/mol. The Kier molecular flexibility index (Phi) is 4.38. The number of amides is 1. The summed E-state index contributed by atoms with van der Waals surface area (Å²) in [5.74, 6) is 0.523. The fourth-order valence-corrected chi connectivity index (χ4v) is 2.43. The number of piperidine rings is 1. The number of nitrogens with zero attached hydrogens (tertiary/aromatic N) is 5. The topological polar surface area (TPSA) is 93.4 Å². The number of hydrogen-bond acceptors (Lipinski definition) is 6. The molecule has 1 aliphatic rings. The van der Waals surface area contributed by atoms with Gasteiger partial charge in [-0.2, -0.15) is 5.26 Å². The number of β-amino-alcohol motifs (C(OH)–C–C–N with tert-alkyl or cyclic N) is 1. The standard InChI is InChI=1S/C14H19N5O2/c1-18(2)13(20)6-14(21)4-3-5-19(10-14)12-9-16-11(7-15)8-17-12/h8-9,21H,3-6,10H2,1-2H3. The maximum Gasteiger partial charge on any atom is 0.225 e. The van der Waals surface area contributed by atoms with E-state index in [-0.39, 0.29) is 18.0 Å². The zero-order chi connectivity index (χ0) is 15.5. The quantitative estimate of drug-likeness (QED) is 0.852. The Morgan fingerprint density at radius 3 is 2.86 bits per heavy atom. The first kappa shape index (κ1) is 15.2. The fourth-order valence-electron chi connectivity index (χ4n) is 2.43. The zero-order valence-corrected chi connectivity index (χ0v) is 12.3. The predicted octanol–water partition coefficient (Wildman–Crippen LogP) is 0.158. The monoisotopic (exact) mass is 289 g/mol. The van der Waals surface area contributed by atoms with Gasteiger partial charge < -0.3 is 14.9 Å². The molecule has 1 aromatic heterocycles. The van der Waals surface area contributed by atoms with E-state index >= 15 is 0 Å². The van der Waals surface area contributed by atoms with Crippen LogP contribution in [0.3, 0.4) is 0 Å². The molecule has 0 aliphatic carbocycles. The van der Waals surface area contributed by atoms with Gasteiger partial charge in [-0.05, 0) is 12.8 Å². The van der Waals surface area contributed by atoms with E-state index in [1.165, 1.54) is 17.3 Å². The van der Waals surface area contributed by atoms with E-state index in [0.717, 1.165) is 13.0 Å². The Balaban J connectivity index is 2.09. The molecule has 112 valence electrons. The van der Waals surface area contributed by atoms with Gasteiger partial charge in [0, 0.05) is 27.2 Å². The van der Waals surface area contributed by atoms with Gasteiger partial charge in [-0.3, -0.25) is 4.79 Å². The molecule has 0 radical (unpaired) electrons. The number of aromatic nitrogens is 2. The number of nitriles is 1. The Morgan fingerprint density at radius 2 is 2.29 bits per heavy atom. The van der Waals surface area contributed by atoms with Crippen LogP contribution in [-0.2, 0) is 4.79 Å². The van der Waals surface area contributed by atoms with Gasteiger partial charge in [-0.25, -0.2) is 9.97 Å². The van der Waals surface area contributed by atoms with E-state index in [1.54, 1.807) is 14.1 Å². The SMILES string of the molecule is CN(C)C(=O)CC1(O)CCCN(c2cnc(C#N)cn2)C1. The zero-order valence-electron chi connectivity index (χ0n) is 12.3. The van der Waals surface area contributed by atoms with Crippen molar-refractivity contribution in [2.24, 2.45) is 0 Å². The molecular formula is C14H19N5O2. The van der Waals surface area contributed by atoms with Crippen molar-refractivity contribution in [2.75, 3.05) is 32.1 Å². The van der Waals surface area contributed by atoms with E-state index < -0.39 is 5.60 Å². The fraction of sp³-hybridized carbons (Fsp3) is 0.571. The van der Waals surface area contributed by atoms with Crippen molar-refractivity contribution in [3.05, 3.63) is 18.1 Å². The summed E-state index contributed by atoms with van der Waals surface area (Å²) in [4.78, 5) is 23.4. The van der Waals surface area contributed by atoms with Crippen LogP contribution in [-0.4, -0.2) is 58.7 Å². The van der Waals surface area contributed by atoms with Crippen LogP contribution in [0.15, 0.2) is 12.4 Å². The maximum absolute atomic E-state index is 11.8. The molecule has 7 heteroatoms. The minimum Gasteiger partial charge on any atom is -0.388 e. The van der Waals surface area contributed by atoms with Gasteiger partial charge in [-0.1, -0.05) is 0 Å². The van der Waals surface area contributed by atoms with Crippen molar-refractivity contribution < 1.29 is 9.90 Å². The van der Waals surface area contributed by atoms with Gasteiger partial charge >= 0.3 is 0 Å². The van der Waals surface area contributed by atoms with Crippen molar-refractivity contribution >= 4 is 11.7 Å². The number of anilines is 1. The number of hydrogen-bond donors (Lipinski definition) is 1. The lowest BCUT2D eigenvalue weighted by Crippen LogP contribution is -2.50. The molecule has 1 unspecified atom stereocenters. The minimum atomic E-state index is -1.05. The molecular weight excluding hydrogens is 270 g/mol. The van der Waals surface area contributed by atoms with Crippen molar-refractivity contribution in [1.29, 1.82) is 5.26 Å². The molecule has 1 amide bonds. The Hall–Kier alpha value is -2.20. The number of carbonyl (C=O) groups is 1. The first-order valence-corrected chi connectivity index (χ1v) is 6.83. The van der Waals surface area contributed by atoms with Crippen molar-refractivity contribution in [1.82, 2.24) is 14.9 Å². The van der Waals surface area contributed by atoms with Gasteiger partial charge in [0.2, 0.25) is 5.91 Å². The van der Waals surface area contributed by atoms with Crippen molar-refractivity contribution in [2.45, 2.75) is 24.9 Å². The summed E-state index contributed by atoms with van der Waals surface area (Å²) in [6.07, 6.45) is 4.40. The second-order valence-electron chi connectivity index (χ2n) is 5.59. The van der Waals surface area contributed by atoms with Crippen LogP contribution in [0.25, 0.3) is 0 Å². The first-order valence-electron chi connectivity index (χ1n) is 6.83. The highest BCUT2D eigenvalue weighted by atomic mass is 16.3. The summed E-state index contributed by atoms with van der Waals surface area (Å²) in [6, 6.07) is 1.92. The van der Waals surface area contributed by atoms with Crippen molar-refractivity contribution in [3.63, 3.8) is 0 Å².